The number of aliphatic imine (C=N–C) groups is 2. The van der Waals surface area contributed by atoms with Crippen LogP contribution in [0.15, 0.2) is 226 Å². The van der Waals surface area contributed by atoms with Crippen LogP contribution in [-0.2, 0) is 0 Å². The summed E-state index contributed by atoms with van der Waals surface area (Å²) in [5.41, 5.74) is 22.9. The highest BCUT2D eigenvalue weighted by molar-refractivity contribution is 6.18. The molecular formula is C55H40N2. The molecule has 4 aromatic rings. The molecule has 0 spiro atoms. The molecule has 0 N–H and O–H groups in total. The van der Waals surface area contributed by atoms with Crippen LogP contribution in [0, 0.1) is 11.8 Å². The van der Waals surface area contributed by atoms with E-state index in [2.05, 4.69) is 182 Å². The molecule has 4 atom stereocenters. The topological polar surface area (TPSA) is 24.7 Å². The summed E-state index contributed by atoms with van der Waals surface area (Å²) >= 11 is 0. The number of benzene rings is 4. The van der Waals surface area contributed by atoms with Crippen LogP contribution >= 0.6 is 0 Å². The van der Waals surface area contributed by atoms with Crippen molar-refractivity contribution in [2.75, 3.05) is 0 Å². The second-order valence-corrected chi connectivity index (χ2v) is 16.3. The van der Waals surface area contributed by atoms with Gasteiger partial charge < -0.3 is 0 Å². The predicted molar refractivity (Wildman–Crippen MR) is 237 cm³/mol. The summed E-state index contributed by atoms with van der Waals surface area (Å²) in [6.07, 6.45) is 38.1. The van der Waals surface area contributed by atoms with Crippen LogP contribution in [-0.4, -0.2) is 11.4 Å². The van der Waals surface area contributed by atoms with Crippen molar-refractivity contribution in [3.63, 3.8) is 0 Å². The van der Waals surface area contributed by atoms with E-state index in [9.17, 15) is 0 Å². The number of nitrogens with zero attached hydrogens (tertiary/aromatic N) is 2. The van der Waals surface area contributed by atoms with Crippen molar-refractivity contribution in [2.45, 2.75) is 31.1 Å². The molecule has 0 radical (unpaired) electrons. The second kappa shape index (κ2) is 13.0. The first-order chi connectivity index (χ1) is 28.2. The van der Waals surface area contributed by atoms with Crippen LogP contribution in [0.5, 0.6) is 0 Å². The summed E-state index contributed by atoms with van der Waals surface area (Å²) in [6, 6.07) is 33.3. The Bertz CT molecular complexity index is 2880. The Morgan fingerprint density at radius 2 is 1.26 bits per heavy atom. The first kappa shape index (κ1) is 32.6. The van der Waals surface area contributed by atoms with E-state index in [4.69, 9.17) is 9.98 Å². The highest BCUT2D eigenvalue weighted by Gasteiger charge is 2.37. The smallest absolute Gasteiger partial charge is 0.0681 e. The third-order valence-corrected chi connectivity index (χ3v) is 13.1. The normalized spacial score (nSPS) is 24.2. The minimum atomic E-state index is 0.187. The molecular weight excluding hydrogens is 689 g/mol. The number of para-hydroxylation sites is 1. The van der Waals surface area contributed by atoms with Crippen LogP contribution in [0.2, 0.25) is 0 Å². The predicted octanol–water partition coefficient (Wildman–Crippen LogP) is 13.4. The Morgan fingerprint density at radius 3 is 2.16 bits per heavy atom. The van der Waals surface area contributed by atoms with Crippen LogP contribution in [0.3, 0.4) is 0 Å². The maximum Gasteiger partial charge on any atom is 0.0681 e. The summed E-state index contributed by atoms with van der Waals surface area (Å²) in [7, 11) is 0. The molecule has 0 aromatic heterocycles. The number of hydrogen-bond acceptors (Lipinski definition) is 2. The van der Waals surface area contributed by atoms with Gasteiger partial charge in [0, 0.05) is 17.4 Å². The van der Waals surface area contributed by atoms with E-state index < -0.39 is 0 Å². The highest BCUT2D eigenvalue weighted by atomic mass is 14.8. The second-order valence-electron chi connectivity index (χ2n) is 16.3. The molecule has 0 saturated carbocycles. The molecule has 4 aromatic carbocycles. The summed E-state index contributed by atoms with van der Waals surface area (Å²) in [4.78, 5) is 10.5. The first-order valence-electron chi connectivity index (χ1n) is 20.5. The van der Waals surface area contributed by atoms with E-state index in [0.717, 1.165) is 30.6 Å². The van der Waals surface area contributed by atoms with Crippen molar-refractivity contribution in [2.24, 2.45) is 21.8 Å². The maximum absolute atomic E-state index is 5.32. The summed E-state index contributed by atoms with van der Waals surface area (Å²) in [5, 5.41) is 0. The molecule has 2 heterocycles. The minimum absolute atomic E-state index is 0.187. The fraction of sp³-hybridized carbons (Fsp3) is 0.127. The largest absolute Gasteiger partial charge is 0.252 e. The van der Waals surface area contributed by atoms with E-state index in [-0.39, 0.29) is 17.8 Å². The van der Waals surface area contributed by atoms with Crippen LogP contribution in [0.4, 0.5) is 11.4 Å². The molecule has 270 valence electrons. The van der Waals surface area contributed by atoms with Gasteiger partial charge >= 0.3 is 0 Å². The number of allylic oxidation sites excluding steroid dienone is 22. The van der Waals surface area contributed by atoms with E-state index in [1.165, 1.54) is 89.4 Å². The lowest BCUT2D eigenvalue weighted by Crippen LogP contribution is -2.18. The van der Waals surface area contributed by atoms with Crippen molar-refractivity contribution < 1.29 is 0 Å². The van der Waals surface area contributed by atoms with Gasteiger partial charge in [-0.15, -0.1) is 0 Å². The van der Waals surface area contributed by atoms with Gasteiger partial charge in [0.15, 0.2) is 0 Å². The van der Waals surface area contributed by atoms with Gasteiger partial charge in [-0.3, -0.25) is 9.98 Å². The van der Waals surface area contributed by atoms with E-state index >= 15 is 0 Å². The molecule has 2 heteroatoms. The molecule has 0 fully saturated rings. The Labute approximate surface area is 334 Å². The first-order valence-corrected chi connectivity index (χ1v) is 20.5. The Kier molecular flexibility index (Phi) is 7.41. The average molecular weight is 729 g/mol. The summed E-state index contributed by atoms with van der Waals surface area (Å²) in [6.45, 7) is 0. The fourth-order valence-corrected chi connectivity index (χ4v) is 10.2. The molecule has 57 heavy (non-hydrogen) atoms. The van der Waals surface area contributed by atoms with Gasteiger partial charge in [0.2, 0.25) is 0 Å². The van der Waals surface area contributed by atoms with Gasteiger partial charge in [0.05, 0.1) is 34.6 Å². The van der Waals surface area contributed by atoms with Gasteiger partial charge in [0.25, 0.3) is 0 Å². The molecule has 6 aliphatic carbocycles. The molecule has 0 saturated heterocycles. The van der Waals surface area contributed by atoms with Gasteiger partial charge in [-0.1, -0.05) is 170 Å². The van der Waals surface area contributed by atoms with Gasteiger partial charge in [-0.2, -0.15) is 0 Å². The van der Waals surface area contributed by atoms with Crippen LogP contribution in [0.1, 0.15) is 58.9 Å². The zero-order valence-corrected chi connectivity index (χ0v) is 31.6. The minimum Gasteiger partial charge on any atom is -0.252 e. The van der Waals surface area contributed by atoms with E-state index in [1.54, 1.807) is 0 Å². The Morgan fingerprint density at radius 1 is 0.526 bits per heavy atom. The molecule has 4 unspecified atom stereocenters. The zero-order valence-electron chi connectivity index (χ0n) is 31.6. The molecule has 2 aliphatic heterocycles. The third kappa shape index (κ3) is 5.31. The lowest BCUT2D eigenvalue weighted by atomic mass is 9.75. The van der Waals surface area contributed by atoms with E-state index in [0.29, 0.717) is 5.92 Å². The third-order valence-electron chi connectivity index (χ3n) is 13.1. The van der Waals surface area contributed by atoms with Gasteiger partial charge in [-0.05, 0) is 104 Å². The molecule has 8 aliphatic rings. The lowest BCUT2D eigenvalue weighted by molar-refractivity contribution is 0.789. The van der Waals surface area contributed by atoms with Crippen molar-refractivity contribution in [3.05, 3.63) is 243 Å². The fourth-order valence-electron chi connectivity index (χ4n) is 10.2. The maximum atomic E-state index is 5.32. The summed E-state index contributed by atoms with van der Waals surface area (Å²) < 4.78 is 0. The molecule has 12 rings (SSSR count). The highest BCUT2D eigenvalue weighted by Crippen LogP contribution is 2.51. The zero-order chi connectivity index (χ0) is 37.5. The average Bonchev–Trinajstić information content (AvgIpc) is 3.78. The van der Waals surface area contributed by atoms with Crippen molar-refractivity contribution >= 4 is 28.4 Å². The van der Waals surface area contributed by atoms with Gasteiger partial charge in [-0.25, -0.2) is 0 Å². The Balaban J connectivity index is 0.818. The van der Waals surface area contributed by atoms with Gasteiger partial charge in [0.1, 0.15) is 0 Å². The SMILES string of the molecule is C1=CCCC(C2C(C3=CC4=CC=C(C5=CC6=CC=C(c7ccc8c(c7)N=C7c9ccccc9-c9ccccc9C78)CC6C=C5)C=CC4C=C3)=Nc3ccccc32)=C1. The lowest BCUT2D eigenvalue weighted by Gasteiger charge is -2.27. The number of rotatable bonds is 4. The van der Waals surface area contributed by atoms with Crippen LogP contribution < -0.4 is 0 Å². The molecule has 0 bridgehead atoms. The standard InChI is InChI=1S/C55H40N2/c1-2-10-36(11-3-1)52-48-16-8-9-17-50(48)56-54(52)43-27-21-35-19-18-34(20-22-38(35)32-43)37-23-24-40-31-41(26-25-39(40)30-37)42-28-29-49-51(33-42)57-55-47-15-7-5-13-45(47)44-12-4-6-14-46(44)53(49)55/h1-2,4-10,12-30,32-33,35,40,52-53H,3,11,31H2. The Hall–Kier alpha value is -6.64. The quantitative estimate of drug-likeness (QED) is 0.200. The summed E-state index contributed by atoms with van der Waals surface area (Å²) in [5.74, 6) is 1.01. The molecule has 0 amide bonds. The van der Waals surface area contributed by atoms with Crippen molar-refractivity contribution in [3.8, 4) is 11.1 Å². The van der Waals surface area contributed by atoms with Crippen LogP contribution in [0.25, 0.3) is 16.7 Å². The van der Waals surface area contributed by atoms with Crippen molar-refractivity contribution in [1.29, 1.82) is 0 Å². The number of fused-ring (bicyclic) bond motifs is 11. The monoisotopic (exact) mass is 728 g/mol. The molecule has 2 nitrogen and oxygen atoms in total. The van der Waals surface area contributed by atoms with Crippen molar-refractivity contribution in [1.82, 2.24) is 0 Å². The number of hydrogen-bond donors (Lipinski definition) is 0. The van der Waals surface area contributed by atoms with E-state index in [1.807, 2.05) is 0 Å².